The predicted octanol–water partition coefficient (Wildman–Crippen LogP) is 0.338. The van der Waals surface area contributed by atoms with Crippen molar-refractivity contribution in [2.75, 3.05) is 20.1 Å². The molecule has 2 rings (SSSR count). The van der Waals surface area contributed by atoms with Crippen molar-refractivity contribution in [3.63, 3.8) is 0 Å². The minimum absolute atomic E-state index is 0.0808. The van der Waals surface area contributed by atoms with E-state index in [1.54, 1.807) is 7.05 Å². The summed E-state index contributed by atoms with van der Waals surface area (Å²) >= 11 is 5.73. The summed E-state index contributed by atoms with van der Waals surface area (Å²) in [6.45, 7) is 1.08. The Kier molecular flexibility index (Phi) is 3.18. The molecule has 0 unspecified atom stereocenters. The zero-order chi connectivity index (χ0) is 11.7. The summed E-state index contributed by atoms with van der Waals surface area (Å²) in [6.07, 6.45) is 0.826. The van der Waals surface area contributed by atoms with Gasteiger partial charge in [-0.1, -0.05) is 0 Å². The fraction of sp³-hybridized carbons (Fsp3) is 0.500. The normalized spacial score (nSPS) is 24.7. The van der Waals surface area contributed by atoms with Crippen LogP contribution in [0.2, 0.25) is 5.22 Å². The van der Waals surface area contributed by atoms with Crippen molar-refractivity contribution in [1.29, 1.82) is 0 Å². The van der Waals surface area contributed by atoms with Crippen LogP contribution in [0, 0.1) is 0 Å². The number of likely N-dealkylation sites (N-methyl/N-ethyl adjacent to an activating group) is 1. The van der Waals surface area contributed by atoms with Gasteiger partial charge in [0.15, 0.2) is 0 Å². The van der Waals surface area contributed by atoms with E-state index in [2.05, 4.69) is 5.32 Å². The molecule has 0 radical (unpaired) electrons. The van der Waals surface area contributed by atoms with Gasteiger partial charge in [-0.25, -0.2) is 0 Å². The Bertz CT molecular complexity index is 393. The SMILES string of the molecule is CN(C(=O)c1ccoc1Cl)[C@@H]1CNC[C@H]1O. The van der Waals surface area contributed by atoms with Crippen LogP contribution in [0.4, 0.5) is 0 Å². The van der Waals surface area contributed by atoms with Gasteiger partial charge in [-0.3, -0.25) is 4.79 Å². The number of furan rings is 1. The number of hydrogen-bond acceptors (Lipinski definition) is 4. The summed E-state index contributed by atoms with van der Waals surface area (Å²) in [5.74, 6) is -0.244. The lowest BCUT2D eigenvalue weighted by molar-refractivity contribution is 0.0580. The maximum Gasteiger partial charge on any atom is 0.258 e. The average molecular weight is 245 g/mol. The van der Waals surface area contributed by atoms with Crippen molar-refractivity contribution in [3.8, 4) is 0 Å². The lowest BCUT2D eigenvalue weighted by Gasteiger charge is -2.25. The van der Waals surface area contributed by atoms with Gasteiger partial charge in [-0.2, -0.15) is 0 Å². The number of carbonyl (C=O) groups excluding carboxylic acids is 1. The number of aliphatic hydroxyl groups excluding tert-OH is 1. The third-order valence-corrected chi connectivity index (χ3v) is 3.11. The smallest absolute Gasteiger partial charge is 0.258 e. The molecule has 0 aliphatic carbocycles. The Hall–Kier alpha value is -1.04. The van der Waals surface area contributed by atoms with Crippen LogP contribution in [0.5, 0.6) is 0 Å². The highest BCUT2D eigenvalue weighted by molar-refractivity contribution is 6.32. The number of nitrogens with zero attached hydrogens (tertiary/aromatic N) is 1. The van der Waals surface area contributed by atoms with Gasteiger partial charge in [0.25, 0.3) is 5.91 Å². The van der Waals surface area contributed by atoms with Crippen molar-refractivity contribution in [3.05, 3.63) is 23.1 Å². The third-order valence-electron chi connectivity index (χ3n) is 2.82. The monoisotopic (exact) mass is 244 g/mol. The van der Waals surface area contributed by atoms with E-state index in [1.165, 1.54) is 17.2 Å². The highest BCUT2D eigenvalue weighted by Crippen LogP contribution is 2.20. The first-order chi connectivity index (χ1) is 7.61. The molecule has 0 aromatic carbocycles. The molecule has 1 aromatic rings. The van der Waals surface area contributed by atoms with Crippen molar-refractivity contribution >= 4 is 17.5 Å². The van der Waals surface area contributed by atoms with E-state index in [-0.39, 0.29) is 17.2 Å². The molecule has 1 aliphatic rings. The van der Waals surface area contributed by atoms with Gasteiger partial charge in [-0.15, -0.1) is 0 Å². The molecule has 6 heteroatoms. The molecule has 1 aliphatic heterocycles. The van der Waals surface area contributed by atoms with Crippen LogP contribution in [-0.2, 0) is 0 Å². The molecule has 0 bridgehead atoms. The van der Waals surface area contributed by atoms with Crippen LogP contribution in [0.15, 0.2) is 16.7 Å². The molecule has 1 fully saturated rings. The molecular formula is C10H13ClN2O3. The molecule has 2 heterocycles. The maximum atomic E-state index is 12.0. The molecule has 16 heavy (non-hydrogen) atoms. The minimum Gasteiger partial charge on any atom is -0.452 e. The molecule has 88 valence electrons. The van der Waals surface area contributed by atoms with Crippen molar-refractivity contribution in [2.24, 2.45) is 0 Å². The van der Waals surface area contributed by atoms with Crippen LogP contribution < -0.4 is 5.32 Å². The van der Waals surface area contributed by atoms with Gasteiger partial charge in [0.1, 0.15) is 0 Å². The summed E-state index contributed by atoms with van der Waals surface area (Å²) in [5.41, 5.74) is 0.322. The van der Waals surface area contributed by atoms with E-state index in [1.807, 2.05) is 0 Å². The lowest BCUT2D eigenvalue weighted by Crippen LogP contribution is -2.44. The van der Waals surface area contributed by atoms with Crippen LogP contribution >= 0.6 is 11.6 Å². The largest absolute Gasteiger partial charge is 0.452 e. The Labute approximate surface area is 98.0 Å². The fourth-order valence-electron chi connectivity index (χ4n) is 1.83. The average Bonchev–Trinajstić information content (AvgIpc) is 2.85. The summed E-state index contributed by atoms with van der Waals surface area (Å²) < 4.78 is 4.87. The molecule has 1 amide bonds. The molecule has 0 saturated carbocycles. The van der Waals surface area contributed by atoms with Crippen LogP contribution in [0.1, 0.15) is 10.4 Å². The molecule has 1 aromatic heterocycles. The Morgan fingerprint density at radius 2 is 2.44 bits per heavy atom. The number of hydrogen-bond donors (Lipinski definition) is 2. The first-order valence-corrected chi connectivity index (χ1v) is 5.38. The molecule has 2 atom stereocenters. The van der Waals surface area contributed by atoms with Crippen molar-refractivity contribution in [2.45, 2.75) is 12.1 Å². The summed E-state index contributed by atoms with van der Waals surface area (Å²) in [4.78, 5) is 13.5. The van der Waals surface area contributed by atoms with Gasteiger partial charge in [-0.05, 0) is 17.7 Å². The zero-order valence-electron chi connectivity index (χ0n) is 8.81. The lowest BCUT2D eigenvalue weighted by atomic mass is 10.1. The van der Waals surface area contributed by atoms with E-state index >= 15 is 0 Å². The topological polar surface area (TPSA) is 65.7 Å². The Balaban J connectivity index is 2.13. The van der Waals surface area contributed by atoms with Crippen molar-refractivity contribution < 1.29 is 14.3 Å². The standard InChI is InChI=1S/C10H13ClN2O3/c1-13(7-4-12-5-8(7)14)10(15)6-2-3-16-9(6)11/h2-3,7-8,12,14H,4-5H2,1H3/t7-,8-/m1/s1. The summed E-state index contributed by atoms with van der Waals surface area (Å²) in [6, 6.07) is 1.30. The minimum atomic E-state index is -0.542. The first-order valence-electron chi connectivity index (χ1n) is 5.00. The Morgan fingerprint density at radius 1 is 1.69 bits per heavy atom. The zero-order valence-corrected chi connectivity index (χ0v) is 9.57. The van der Waals surface area contributed by atoms with E-state index in [4.69, 9.17) is 16.0 Å². The van der Waals surface area contributed by atoms with Crippen LogP contribution in [-0.4, -0.2) is 48.2 Å². The van der Waals surface area contributed by atoms with E-state index in [9.17, 15) is 9.90 Å². The number of β-amino-alcohol motifs (C(OH)–C–C–N with tert-alkyl or cyclic N) is 1. The third kappa shape index (κ3) is 1.93. The van der Waals surface area contributed by atoms with Gasteiger partial charge < -0.3 is 19.7 Å². The highest BCUT2D eigenvalue weighted by Gasteiger charge is 2.32. The van der Waals surface area contributed by atoms with Gasteiger partial charge in [0.05, 0.1) is 24.0 Å². The number of rotatable bonds is 2. The number of aliphatic hydroxyl groups is 1. The van der Waals surface area contributed by atoms with E-state index in [0.717, 1.165) is 0 Å². The molecular weight excluding hydrogens is 232 g/mol. The number of amides is 1. The van der Waals surface area contributed by atoms with Crippen molar-refractivity contribution in [1.82, 2.24) is 10.2 Å². The number of halogens is 1. The second-order valence-corrected chi connectivity index (χ2v) is 4.16. The highest BCUT2D eigenvalue weighted by atomic mass is 35.5. The second-order valence-electron chi connectivity index (χ2n) is 3.82. The number of carbonyl (C=O) groups is 1. The van der Waals surface area contributed by atoms with E-state index < -0.39 is 6.10 Å². The molecule has 0 spiro atoms. The van der Waals surface area contributed by atoms with Crippen LogP contribution in [0.3, 0.4) is 0 Å². The summed E-state index contributed by atoms with van der Waals surface area (Å²) in [7, 11) is 1.65. The van der Waals surface area contributed by atoms with Crippen LogP contribution in [0.25, 0.3) is 0 Å². The summed E-state index contributed by atoms with van der Waals surface area (Å²) in [5, 5.41) is 12.8. The molecule has 2 N–H and O–H groups in total. The Morgan fingerprint density at radius 3 is 2.94 bits per heavy atom. The van der Waals surface area contributed by atoms with Gasteiger partial charge >= 0.3 is 0 Å². The fourth-order valence-corrected chi connectivity index (χ4v) is 2.03. The van der Waals surface area contributed by atoms with E-state index in [0.29, 0.717) is 18.7 Å². The predicted molar refractivity (Wildman–Crippen MR) is 58.5 cm³/mol. The first kappa shape index (κ1) is 11.4. The quantitative estimate of drug-likeness (QED) is 0.787. The molecule has 1 saturated heterocycles. The second kappa shape index (κ2) is 4.45. The molecule has 5 nitrogen and oxygen atoms in total. The number of nitrogens with one attached hydrogen (secondary N) is 1. The van der Waals surface area contributed by atoms with Gasteiger partial charge in [0, 0.05) is 20.1 Å². The maximum absolute atomic E-state index is 12.0. The van der Waals surface area contributed by atoms with Gasteiger partial charge in [0.2, 0.25) is 5.22 Å².